The summed E-state index contributed by atoms with van der Waals surface area (Å²) < 4.78 is 15.5. The van der Waals surface area contributed by atoms with E-state index in [0.717, 1.165) is 68.9 Å². The lowest BCUT2D eigenvalue weighted by atomic mass is 9.95. The fraction of sp³-hybridized carbons (Fsp3) is 0.500. The molecule has 0 radical (unpaired) electrons. The molecule has 2 fully saturated rings. The number of rotatable bonds is 5. The number of Topliss-reactive ketones (excluding diaryl/α,β-unsaturated/α-hetero) is 1. The van der Waals surface area contributed by atoms with Gasteiger partial charge >= 0.3 is 0 Å². The minimum atomic E-state index is -0.462. The minimum absolute atomic E-state index is 0.0595. The molecule has 2 saturated heterocycles. The number of halogens is 2. The molecule has 0 unspecified atom stereocenters. The number of likely N-dealkylation sites (tertiary alicyclic amines) is 2. The van der Waals surface area contributed by atoms with E-state index in [4.69, 9.17) is 11.6 Å². The van der Waals surface area contributed by atoms with Gasteiger partial charge in [-0.15, -0.1) is 0 Å². The second-order valence-corrected chi connectivity index (χ2v) is 9.13. The van der Waals surface area contributed by atoms with Crippen LogP contribution in [0.15, 0.2) is 24.3 Å². The number of aromatic nitrogens is 1. The highest BCUT2D eigenvalue weighted by molar-refractivity contribution is 6.30. The maximum absolute atomic E-state index is 13.6. The summed E-state index contributed by atoms with van der Waals surface area (Å²) in [6.45, 7) is 7.50. The van der Waals surface area contributed by atoms with E-state index < -0.39 is 5.82 Å². The Balaban J connectivity index is 1.40. The van der Waals surface area contributed by atoms with Gasteiger partial charge in [0.15, 0.2) is 5.78 Å². The van der Waals surface area contributed by atoms with Gasteiger partial charge in [-0.1, -0.05) is 11.6 Å². The normalized spacial score (nSPS) is 18.0. The first-order chi connectivity index (χ1) is 14.8. The van der Waals surface area contributed by atoms with Gasteiger partial charge in [0.1, 0.15) is 5.82 Å². The lowest BCUT2D eigenvalue weighted by molar-refractivity contribution is -0.135. The molecule has 31 heavy (non-hydrogen) atoms. The molecule has 1 amide bonds. The van der Waals surface area contributed by atoms with Crippen molar-refractivity contribution in [3.05, 3.63) is 52.1 Å². The van der Waals surface area contributed by atoms with Crippen molar-refractivity contribution in [3.8, 4) is 5.69 Å². The molecular weight excluding hydrogens is 417 g/mol. The van der Waals surface area contributed by atoms with Crippen LogP contribution < -0.4 is 0 Å². The molecule has 2 aliphatic rings. The van der Waals surface area contributed by atoms with Gasteiger partial charge in [-0.3, -0.25) is 14.5 Å². The van der Waals surface area contributed by atoms with E-state index in [1.165, 1.54) is 6.07 Å². The predicted octanol–water partition coefficient (Wildman–Crippen LogP) is 4.40. The quantitative estimate of drug-likeness (QED) is 0.640. The minimum Gasteiger partial charge on any atom is -0.342 e. The summed E-state index contributed by atoms with van der Waals surface area (Å²) >= 11 is 5.95. The van der Waals surface area contributed by atoms with Crippen molar-refractivity contribution < 1.29 is 14.0 Å². The van der Waals surface area contributed by atoms with E-state index in [-0.39, 0.29) is 16.7 Å². The summed E-state index contributed by atoms with van der Waals surface area (Å²) in [5.41, 5.74) is 3.14. The van der Waals surface area contributed by atoms with Crippen molar-refractivity contribution >= 4 is 23.3 Å². The highest BCUT2D eigenvalue weighted by Crippen LogP contribution is 2.26. The number of hydrogen-bond donors (Lipinski definition) is 0. The zero-order valence-electron chi connectivity index (χ0n) is 18.2. The molecule has 0 spiro atoms. The van der Waals surface area contributed by atoms with Gasteiger partial charge in [-0.25, -0.2) is 4.39 Å². The highest BCUT2D eigenvalue weighted by atomic mass is 35.5. The molecule has 0 saturated carbocycles. The summed E-state index contributed by atoms with van der Waals surface area (Å²) in [4.78, 5) is 29.8. The van der Waals surface area contributed by atoms with Crippen LogP contribution >= 0.6 is 11.6 Å². The predicted molar refractivity (Wildman–Crippen MR) is 120 cm³/mol. The molecule has 1 aromatic heterocycles. The third-order valence-electron chi connectivity index (χ3n) is 6.61. The molecule has 3 heterocycles. The number of hydrogen-bond acceptors (Lipinski definition) is 3. The van der Waals surface area contributed by atoms with Crippen LogP contribution in [0.3, 0.4) is 0 Å². The molecule has 2 aromatic rings. The standard InChI is InChI=1S/C24H29ClFN3O2/c1-16-13-20(17(2)29(16)19-5-6-22(26)21(25)14-19)23(30)15-27-11-7-18(8-12-27)24(31)28-9-3-4-10-28/h5-6,13-14,18H,3-4,7-12,15H2,1-2H3. The molecule has 4 rings (SSSR count). The number of carbonyl (C=O) groups is 2. The van der Waals surface area contributed by atoms with Crippen molar-refractivity contribution in [1.29, 1.82) is 0 Å². The molecule has 5 nitrogen and oxygen atoms in total. The van der Waals surface area contributed by atoms with Gasteiger partial charge < -0.3 is 9.47 Å². The molecule has 166 valence electrons. The number of benzene rings is 1. The molecular formula is C24H29ClFN3O2. The van der Waals surface area contributed by atoms with Crippen molar-refractivity contribution in [3.63, 3.8) is 0 Å². The summed E-state index contributed by atoms with van der Waals surface area (Å²) in [7, 11) is 0. The molecule has 0 bridgehead atoms. The molecule has 7 heteroatoms. The zero-order chi connectivity index (χ0) is 22.1. The lowest BCUT2D eigenvalue weighted by Gasteiger charge is -2.32. The van der Waals surface area contributed by atoms with Crippen LogP contribution in [-0.4, -0.2) is 58.8 Å². The smallest absolute Gasteiger partial charge is 0.225 e. The Labute approximate surface area is 187 Å². The van der Waals surface area contributed by atoms with Gasteiger partial charge in [-0.05, 0) is 76.9 Å². The average Bonchev–Trinajstić information content (AvgIpc) is 3.38. The second kappa shape index (κ2) is 9.13. The second-order valence-electron chi connectivity index (χ2n) is 8.72. The fourth-order valence-electron chi connectivity index (χ4n) is 4.89. The van der Waals surface area contributed by atoms with E-state index in [0.29, 0.717) is 18.0 Å². The Bertz CT molecular complexity index is 989. The van der Waals surface area contributed by atoms with Crippen LogP contribution in [0, 0.1) is 25.6 Å². The summed E-state index contributed by atoms with van der Waals surface area (Å²) in [6, 6.07) is 6.47. The molecule has 0 aliphatic carbocycles. The SMILES string of the molecule is Cc1cc(C(=O)CN2CCC(C(=O)N3CCCC3)CC2)c(C)n1-c1ccc(F)c(Cl)c1. The topological polar surface area (TPSA) is 45.6 Å². The number of carbonyl (C=O) groups excluding carboxylic acids is 2. The van der Waals surface area contributed by atoms with Crippen LogP contribution in [0.4, 0.5) is 4.39 Å². The molecule has 1 aromatic carbocycles. The maximum atomic E-state index is 13.6. The number of nitrogens with zero attached hydrogens (tertiary/aromatic N) is 3. The van der Waals surface area contributed by atoms with E-state index >= 15 is 0 Å². The third-order valence-corrected chi connectivity index (χ3v) is 6.90. The number of ketones is 1. The Morgan fingerprint density at radius 2 is 1.74 bits per heavy atom. The van der Waals surface area contributed by atoms with Crippen LogP contribution in [0.2, 0.25) is 5.02 Å². The molecule has 2 aliphatic heterocycles. The first-order valence-corrected chi connectivity index (χ1v) is 11.4. The Morgan fingerprint density at radius 3 is 2.39 bits per heavy atom. The van der Waals surface area contributed by atoms with E-state index in [2.05, 4.69) is 4.90 Å². The number of aryl methyl sites for hydroxylation is 1. The lowest BCUT2D eigenvalue weighted by Crippen LogP contribution is -2.43. The number of amides is 1. The zero-order valence-corrected chi connectivity index (χ0v) is 18.9. The summed E-state index contributed by atoms with van der Waals surface area (Å²) in [5.74, 6) is -0.00426. The monoisotopic (exact) mass is 445 g/mol. The molecule has 0 N–H and O–H groups in total. The first-order valence-electron chi connectivity index (χ1n) is 11.0. The van der Waals surface area contributed by atoms with E-state index in [9.17, 15) is 14.0 Å². The van der Waals surface area contributed by atoms with Gasteiger partial charge in [0.05, 0.1) is 11.6 Å². The van der Waals surface area contributed by atoms with Gasteiger partial charge in [0.25, 0.3) is 0 Å². The largest absolute Gasteiger partial charge is 0.342 e. The third kappa shape index (κ3) is 4.55. The van der Waals surface area contributed by atoms with Crippen LogP contribution in [0.5, 0.6) is 0 Å². The Kier molecular flexibility index (Phi) is 6.49. The highest BCUT2D eigenvalue weighted by Gasteiger charge is 2.30. The Hall–Kier alpha value is -2.18. The van der Waals surface area contributed by atoms with Gasteiger partial charge in [0, 0.05) is 41.6 Å². The summed E-state index contributed by atoms with van der Waals surface area (Å²) in [6.07, 6.45) is 3.86. The van der Waals surface area contributed by atoms with Crippen LogP contribution in [0.25, 0.3) is 5.69 Å². The van der Waals surface area contributed by atoms with Crippen molar-refractivity contribution in [2.75, 3.05) is 32.7 Å². The fourth-order valence-corrected chi connectivity index (χ4v) is 5.06. The van der Waals surface area contributed by atoms with E-state index in [1.54, 1.807) is 12.1 Å². The summed E-state index contributed by atoms with van der Waals surface area (Å²) in [5, 5.41) is 0.0595. The van der Waals surface area contributed by atoms with Crippen LogP contribution in [0.1, 0.15) is 47.4 Å². The van der Waals surface area contributed by atoms with Gasteiger partial charge in [-0.2, -0.15) is 0 Å². The first kappa shape index (κ1) is 22.0. The van der Waals surface area contributed by atoms with Gasteiger partial charge in [0.2, 0.25) is 5.91 Å². The Morgan fingerprint density at radius 1 is 1.06 bits per heavy atom. The van der Waals surface area contributed by atoms with Crippen molar-refractivity contribution in [2.45, 2.75) is 39.5 Å². The average molecular weight is 446 g/mol. The number of piperidine rings is 1. The van der Waals surface area contributed by atoms with E-state index in [1.807, 2.05) is 29.4 Å². The van der Waals surface area contributed by atoms with Crippen molar-refractivity contribution in [2.24, 2.45) is 5.92 Å². The molecule has 0 atom stereocenters. The maximum Gasteiger partial charge on any atom is 0.225 e. The van der Waals surface area contributed by atoms with Crippen molar-refractivity contribution in [1.82, 2.24) is 14.4 Å². The van der Waals surface area contributed by atoms with Crippen LogP contribution in [-0.2, 0) is 4.79 Å².